The zero-order valence-electron chi connectivity index (χ0n) is 15.7. The van der Waals surface area contributed by atoms with Crippen LogP contribution in [0, 0.1) is 0 Å². The van der Waals surface area contributed by atoms with Gasteiger partial charge in [0.15, 0.2) is 0 Å². The van der Waals surface area contributed by atoms with Crippen molar-refractivity contribution in [3.8, 4) is 11.3 Å². The van der Waals surface area contributed by atoms with Crippen LogP contribution in [-0.4, -0.2) is 38.8 Å². The van der Waals surface area contributed by atoms with Gasteiger partial charge in [-0.3, -0.25) is 0 Å². The molecular formula is C22H26NO2Pb. The molecule has 0 aliphatic heterocycles. The van der Waals surface area contributed by atoms with Gasteiger partial charge in [-0.15, -0.1) is 0 Å². The number of carboxylic acids is 1. The normalized spacial score (nSPS) is 10.5. The Hall–Kier alpha value is -1.76. The number of hydrogen-bond donors (Lipinski definition) is 1. The van der Waals surface area contributed by atoms with E-state index in [-0.39, 0.29) is 5.56 Å². The monoisotopic (exact) mass is 544 g/mol. The molecule has 0 saturated carbocycles. The zero-order valence-corrected chi connectivity index (χ0v) is 19.6. The molecule has 1 heterocycles. The molecule has 0 amide bonds. The summed E-state index contributed by atoms with van der Waals surface area (Å²) in [5, 5.41) is 9.99. The van der Waals surface area contributed by atoms with Gasteiger partial charge >= 0.3 is 61.4 Å². The van der Waals surface area contributed by atoms with Crippen LogP contribution >= 0.6 is 0 Å². The van der Waals surface area contributed by atoms with Crippen molar-refractivity contribution >= 4 is 39.6 Å². The van der Waals surface area contributed by atoms with Crippen LogP contribution in [0.4, 0.5) is 0 Å². The molecule has 0 aliphatic rings. The molecule has 135 valence electrons. The van der Waals surface area contributed by atoms with Crippen LogP contribution in [0.2, 0.25) is 11.9 Å². The van der Waals surface area contributed by atoms with Gasteiger partial charge in [0, 0.05) is 10.9 Å². The summed E-state index contributed by atoms with van der Waals surface area (Å²) < 4.78 is 4.70. The van der Waals surface area contributed by atoms with E-state index >= 15 is 0 Å². The van der Waals surface area contributed by atoms with Crippen molar-refractivity contribution in [2.45, 2.75) is 32.7 Å². The second-order valence-corrected chi connectivity index (χ2v) is 20.1. The van der Waals surface area contributed by atoms with Gasteiger partial charge in [0.25, 0.3) is 0 Å². The minimum atomic E-state index is -0.934. The van der Waals surface area contributed by atoms with Gasteiger partial charge in [0.1, 0.15) is 0 Å². The average molecular weight is 544 g/mol. The minimum Gasteiger partial charge on any atom is -0.478 e. The van der Waals surface area contributed by atoms with Gasteiger partial charge in [-0.2, -0.15) is 0 Å². The van der Waals surface area contributed by atoms with Gasteiger partial charge in [-0.1, -0.05) is 48.5 Å². The Balaban J connectivity index is 0.000000298. The predicted octanol–water partition coefficient (Wildman–Crippen LogP) is 6.14. The fourth-order valence-electron chi connectivity index (χ4n) is 2.86. The molecule has 3 rings (SSSR count). The van der Waals surface area contributed by atoms with E-state index in [0.29, 0.717) is 16.6 Å². The summed E-state index contributed by atoms with van der Waals surface area (Å²) in [6, 6.07) is 18.5. The number of rotatable bonds is 5. The Morgan fingerprint density at radius 3 is 2.04 bits per heavy atom. The van der Waals surface area contributed by atoms with Crippen LogP contribution in [0.15, 0.2) is 60.7 Å². The quantitative estimate of drug-likeness (QED) is 0.394. The topological polar surface area (TPSA) is 50.2 Å². The molecule has 0 aliphatic carbocycles. The number of aromatic nitrogens is 1. The molecular weight excluding hydrogens is 517 g/mol. The molecule has 2 aromatic carbocycles. The fraction of sp³-hybridized carbons (Fsp3) is 0.273. The Morgan fingerprint density at radius 2 is 1.50 bits per heavy atom. The second-order valence-electron chi connectivity index (χ2n) is 6.05. The van der Waals surface area contributed by atoms with E-state index in [1.165, 1.54) is 0 Å². The van der Waals surface area contributed by atoms with Crippen molar-refractivity contribution in [1.29, 1.82) is 0 Å². The smallest absolute Gasteiger partial charge is 0.336 e. The molecule has 1 aromatic heterocycles. The fourth-order valence-corrected chi connectivity index (χ4v) is 8.69. The first-order valence-corrected chi connectivity index (χ1v) is 17.4. The van der Waals surface area contributed by atoms with Crippen molar-refractivity contribution in [3.63, 3.8) is 0 Å². The number of carbonyl (C=O) groups is 1. The molecule has 0 bridgehead atoms. The summed E-state index contributed by atoms with van der Waals surface area (Å²) >= 11 is -0.789. The standard InChI is InChI=1S/C16H11NO2.3C2H5.Pb/c18-16(19)13-10-15(11-6-2-1-3-7-11)17-14-9-5-4-8-12(13)14;3*1-2;/h1-10H,(H,18,19);3*1H2,2H3;. The maximum absolute atomic E-state index is 11.4. The van der Waals surface area contributed by atoms with Gasteiger partial charge in [0.05, 0.1) is 16.8 Å². The summed E-state index contributed by atoms with van der Waals surface area (Å²) in [5.41, 5.74) is 2.57. The third-order valence-corrected chi connectivity index (χ3v) is 16.2. The SMILES string of the molecule is C[CH2][Pb]([CH2]C)[CH2]C.O=C(O)c1cc(-c2ccccc2)nc2ccccc12. The number of fused-ring (bicyclic) bond motifs is 1. The first-order chi connectivity index (χ1) is 12.6. The molecule has 0 unspecified atom stereocenters. The van der Waals surface area contributed by atoms with Crippen LogP contribution in [-0.2, 0) is 0 Å². The first-order valence-electron chi connectivity index (χ1n) is 9.12. The van der Waals surface area contributed by atoms with Crippen molar-refractivity contribution in [2.75, 3.05) is 0 Å². The molecule has 0 spiro atoms. The largest absolute Gasteiger partial charge is 0.478 e. The number of carboxylic acid groups (broad SMARTS) is 1. The third kappa shape index (κ3) is 5.37. The van der Waals surface area contributed by atoms with E-state index in [1.54, 1.807) is 24.1 Å². The molecule has 0 atom stereocenters. The van der Waals surface area contributed by atoms with Crippen molar-refractivity contribution in [3.05, 3.63) is 66.2 Å². The number of para-hydroxylation sites is 1. The number of aromatic carboxylic acids is 1. The predicted molar refractivity (Wildman–Crippen MR) is 111 cm³/mol. The Labute approximate surface area is 164 Å². The van der Waals surface area contributed by atoms with Gasteiger partial charge < -0.3 is 5.11 Å². The van der Waals surface area contributed by atoms with Crippen molar-refractivity contribution < 1.29 is 9.90 Å². The van der Waals surface area contributed by atoms with E-state index in [2.05, 4.69) is 25.8 Å². The summed E-state index contributed by atoms with van der Waals surface area (Å²) in [6.45, 7) is 7.07. The Kier molecular flexibility index (Phi) is 8.23. The van der Waals surface area contributed by atoms with Crippen LogP contribution < -0.4 is 0 Å². The zero-order chi connectivity index (χ0) is 18.9. The maximum Gasteiger partial charge on any atom is 0.336 e. The molecule has 1 radical (unpaired) electrons. The van der Waals surface area contributed by atoms with E-state index < -0.39 is 28.7 Å². The molecule has 3 nitrogen and oxygen atoms in total. The van der Waals surface area contributed by atoms with Crippen LogP contribution in [0.25, 0.3) is 22.2 Å². The number of pyridine rings is 1. The van der Waals surface area contributed by atoms with Gasteiger partial charge in [-0.05, 0) is 12.1 Å². The third-order valence-electron chi connectivity index (χ3n) is 4.52. The Morgan fingerprint density at radius 1 is 0.923 bits per heavy atom. The summed E-state index contributed by atoms with van der Waals surface area (Å²) in [4.78, 5) is 15.9. The number of benzene rings is 2. The second kappa shape index (κ2) is 10.4. The minimum absolute atomic E-state index is 0.282. The van der Waals surface area contributed by atoms with Crippen molar-refractivity contribution in [1.82, 2.24) is 4.98 Å². The van der Waals surface area contributed by atoms with Crippen LogP contribution in [0.5, 0.6) is 0 Å². The molecule has 0 fully saturated rings. The molecule has 1 N–H and O–H groups in total. The van der Waals surface area contributed by atoms with Crippen LogP contribution in [0.1, 0.15) is 31.1 Å². The number of hydrogen-bond acceptors (Lipinski definition) is 2. The Bertz CT molecular complexity index is 840. The van der Waals surface area contributed by atoms with Crippen molar-refractivity contribution in [2.24, 2.45) is 0 Å². The molecule has 3 aromatic rings. The van der Waals surface area contributed by atoms with Gasteiger partial charge in [0.2, 0.25) is 0 Å². The summed E-state index contributed by atoms with van der Waals surface area (Å²) in [7, 11) is 0. The summed E-state index contributed by atoms with van der Waals surface area (Å²) in [5.74, 6) is -0.934. The van der Waals surface area contributed by atoms with E-state index in [4.69, 9.17) is 0 Å². The molecule has 0 saturated heterocycles. The average Bonchev–Trinajstić information content (AvgIpc) is 2.69. The van der Waals surface area contributed by atoms with E-state index in [1.807, 2.05) is 48.5 Å². The number of nitrogens with zero attached hydrogens (tertiary/aromatic N) is 1. The van der Waals surface area contributed by atoms with Crippen LogP contribution in [0.3, 0.4) is 0 Å². The summed E-state index contributed by atoms with van der Waals surface area (Å²) in [6.07, 6.45) is 0. The molecule has 4 heteroatoms. The van der Waals surface area contributed by atoms with Gasteiger partial charge in [-0.25, -0.2) is 9.78 Å². The molecule has 26 heavy (non-hydrogen) atoms. The van der Waals surface area contributed by atoms with E-state index in [0.717, 1.165) is 5.56 Å². The maximum atomic E-state index is 11.4. The van der Waals surface area contributed by atoms with E-state index in [9.17, 15) is 9.90 Å². The first kappa shape index (κ1) is 20.6.